The summed E-state index contributed by atoms with van der Waals surface area (Å²) in [5.74, 6) is -0.160. The zero-order chi connectivity index (χ0) is 30.4. The summed E-state index contributed by atoms with van der Waals surface area (Å²) in [7, 11) is 6.51. The Morgan fingerprint density at radius 1 is 1.12 bits per heavy atom. The van der Waals surface area contributed by atoms with Gasteiger partial charge in [-0.1, -0.05) is 64.3 Å². The standard InChI is InChI=1S/C35H51N3O4/c1-7-9-17-37(29-13-10-12-26(20-29)24-38(4,5)6)33(39)23-36-22-30(27-14-15-32-28(21-27)16-18-42-32)34(35(40)41)31(36)19-25(3)11-8-2/h10,12-15,20-21,25,30-31,34H,7-9,11,16-19,22-24H2,1-6H3/p+1/t25?,30-,31+,34-/m1/s1. The molecule has 2 aliphatic rings. The molecule has 2 heterocycles. The Balaban J connectivity index is 1.63. The molecular formula is C35H52N3O4+. The highest BCUT2D eigenvalue weighted by Crippen LogP contribution is 2.42. The summed E-state index contributed by atoms with van der Waals surface area (Å²) in [4.78, 5) is 31.2. The number of carbonyl (C=O) groups is 2. The number of unbranched alkanes of at least 4 members (excludes halogenated alkanes) is 1. The summed E-state index contributed by atoms with van der Waals surface area (Å²) in [6.07, 6.45) is 5.65. The summed E-state index contributed by atoms with van der Waals surface area (Å²) in [5.41, 5.74) is 4.33. The molecule has 2 aromatic carbocycles. The fraction of sp³-hybridized carbons (Fsp3) is 0.600. The van der Waals surface area contributed by atoms with E-state index in [2.05, 4.69) is 65.0 Å². The zero-order valence-electron chi connectivity index (χ0n) is 26.6. The van der Waals surface area contributed by atoms with E-state index in [1.807, 2.05) is 29.2 Å². The van der Waals surface area contributed by atoms with Gasteiger partial charge in [0, 0.05) is 42.7 Å². The van der Waals surface area contributed by atoms with E-state index in [1.54, 1.807) is 0 Å². The van der Waals surface area contributed by atoms with Crippen molar-refractivity contribution >= 4 is 17.6 Å². The van der Waals surface area contributed by atoms with Crippen LogP contribution in [-0.2, 0) is 22.6 Å². The topological polar surface area (TPSA) is 70.1 Å². The van der Waals surface area contributed by atoms with Crippen LogP contribution in [0.25, 0.3) is 0 Å². The number of fused-ring (bicyclic) bond motifs is 1. The minimum absolute atomic E-state index is 0.0473. The van der Waals surface area contributed by atoms with Gasteiger partial charge in [-0.25, -0.2) is 0 Å². The molecule has 0 saturated carbocycles. The molecule has 230 valence electrons. The van der Waals surface area contributed by atoms with Crippen LogP contribution in [0.3, 0.4) is 0 Å². The van der Waals surface area contributed by atoms with Crippen molar-refractivity contribution in [1.82, 2.24) is 4.90 Å². The minimum Gasteiger partial charge on any atom is -0.493 e. The highest BCUT2D eigenvalue weighted by atomic mass is 16.5. The largest absolute Gasteiger partial charge is 0.493 e. The summed E-state index contributed by atoms with van der Waals surface area (Å²) in [5, 5.41) is 10.6. The Bertz CT molecular complexity index is 1220. The van der Waals surface area contributed by atoms with Gasteiger partial charge in [0.1, 0.15) is 12.3 Å². The SMILES string of the molecule is CCCCN(C(=O)CN1C[C@H](c2ccc3c(c2)CCO3)[C@@H](C(=O)O)[C@@H]1CC(C)CCC)c1cccc(C[N+](C)(C)C)c1. The van der Waals surface area contributed by atoms with Gasteiger partial charge in [-0.05, 0) is 48.1 Å². The van der Waals surface area contributed by atoms with E-state index >= 15 is 0 Å². The average molecular weight is 579 g/mol. The fourth-order valence-corrected chi connectivity index (χ4v) is 6.93. The average Bonchev–Trinajstić information content (AvgIpc) is 3.52. The molecule has 1 fully saturated rings. The molecule has 4 rings (SSSR count). The van der Waals surface area contributed by atoms with Crippen LogP contribution in [0.5, 0.6) is 5.75 Å². The Labute approximate surface area is 253 Å². The number of benzene rings is 2. The van der Waals surface area contributed by atoms with Crippen molar-refractivity contribution in [1.29, 1.82) is 0 Å². The predicted octanol–water partition coefficient (Wildman–Crippen LogP) is 5.96. The maximum Gasteiger partial charge on any atom is 0.308 e. The molecule has 7 nitrogen and oxygen atoms in total. The smallest absolute Gasteiger partial charge is 0.308 e. The van der Waals surface area contributed by atoms with Gasteiger partial charge in [-0.3, -0.25) is 14.5 Å². The van der Waals surface area contributed by atoms with Crippen molar-refractivity contribution in [2.24, 2.45) is 11.8 Å². The monoisotopic (exact) mass is 578 g/mol. The lowest BCUT2D eigenvalue weighted by molar-refractivity contribution is -0.884. The second-order valence-corrected chi connectivity index (χ2v) is 13.6. The lowest BCUT2D eigenvalue weighted by atomic mass is 9.81. The lowest BCUT2D eigenvalue weighted by Crippen LogP contribution is -2.45. The van der Waals surface area contributed by atoms with E-state index in [1.165, 1.54) is 5.56 Å². The fourth-order valence-electron chi connectivity index (χ4n) is 6.93. The zero-order valence-corrected chi connectivity index (χ0v) is 26.6. The molecule has 4 atom stereocenters. The van der Waals surface area contributed by atoms with E-state index in [4.69, 9.17) is 4.74 Å². The number of carboxylic acid groups (broad SMARTS) is 1. The number of anilines is 1. The van der Waals surface area contributed by atoms with Gasteiger partial charge in [0.15, 0.2) is 0 Å². The van der Waals surface area contributed by atoms with Crippen molar-refractivity contribution in [2.45, 2.75) is 77.8 Å². The van der Waals surface area contributed by atoms with Crippen molar-refractivity contribution < 1.29 is 23.9 Å². The normalized spacial score (nSPS) is 21.1. The molecule has 0 aromatic heterocycles. The van der Waals surface area contributed by atoms with E-state index in [0.29, 0.717) is 25.6 Å². The molecule has 1 unspecified atom stereocenters. The molecule has 1 amide bonds. The van der Waals surface area contributed by atoms with Crippen LogP contribution < -0.4 is 9.64 Å². The molecular weight excluding hydrogens is 526 g/mol. The first kappa shape index (κ1) is 32.0. The number of aliphatic carboxylic acids is 1. The van der Waals surface area contributed by atoms with Gasteiger partial charge in [-0.15, -0.1) is 0 Å². The van der Waals surface area contributed by atoms with Gasteiger partial charge in [0.25, 0.3) is 0 Å². The Morgan fingerprint density at radius 3 is 2.60 bits per heavy atom. The van der Waals surface area contributed by atoms with Crippen LogP contribution in [0.4, 0.5) is 5.69 Å². The number of nitrogens with zero attached hydrogens (tertiary/aromatic N) is 3. The minimum atomic E-state index is -0.767. The van der Waals surface area contributed by atoms with E-state index in [9.17, 15) is 14.7 Å². The van der Waals surface area contributed by atoms with Gasteiger partial charge in [0.05, 0.1) is 40.2 Å². The molecule has 1 saturated heterocycles. The number of quaternary nitrogens is 1. The lowest BCUT2D eigenvalue weighted by Gasteiger charge is -2.31. The third kappa shape index (κ3) is 7.93. The summed E-state index contributed by atoms with van der Waals surface area (Å²) >= 11 is 0. The number of ether oxygens (including phenoxy) is 1. The van der Waals surface area contributed by atoms with Crippen molar-refractivity contribution in [3.8, 4) is 5.75 Å². The molecule has 0 spiro atoms. The number of carboxylic acids is 1. The third-order valence-electron chi connectivity index (χ3n) is 8.85. The van der Waals surface area contributed by atoms with E-state index in [-0.39, 0.29) is 24.4 Å². The highest BCUT2D eigenvalue weighted by molar-refractivity contribution is 5.95. The number of hydrogen-bond acceptors (Lipinski definition) is 4. The van der Waals surface area contributed by atoms with Gasteiger partial charge < -0.3 is 19.2 Å². The third-order valence-corrected chi connectivity index (χ3v) is 8.85. The number of likely N-dealkylation sites (tertiary alicyclic amines) is 1. The second-order valence-electron chi connectivity index (χ2n) is 13.6. The van der Waals surface area contributed by atoms with Crippen LogP contribution in [0, 0.1) is 11.8 Å². The Kier molecular flexibility index (Phi) is 10.7. The second kappa shape index (κ2) is 14.0. The van der Waals surface area contributed by atoms with Crippen LogP contribution in [0.1, 0.15) is 75.5 Å². The van der Waals surface area contributed by atoms with Gasteiger partial charge in [-0.2, -0.15) is 0 Å². The highest BCUT2D eigenvalue weighted by Gasteiger charge is 2.47. The molecule has 2 aliphatic heterocycles. The molecule has 7 heteroatoms. The number of carbonyl (C=O) groups excluding carboxylic acids is 1. The van der Waals surface area contributed by atoms with Gasteiger partial charge >= 0.3 is 5.97 Å². The predicted molar refractivity (Wildman–Crippen MR) is 169 cm³/mol. The summed E-state index contributed by atoms with van der Waals surface area (Å²) in [6.45, 7) is 9.53. The van der Waals surface area contributed by atoms with Crippen molar-refractivity contribution in [3.63, 3.8) is 0 Å². The number of rotatable bonds is 14. The van der Waals surface area contributed by atoms with Crippen LogP contribution in [-0.4, -0.2) is 79.8 Å². The molecule has 1 N–H and O–H groups in total. The van der Waals surface area contributed by atoms with Crippen molar-refractivity contribution in [3.05, 3.63) is 59.2 Å². The molecule has 0 aliphatic carbocycles. The molecule has 0 radical (unpaired) electrons. The maximum absolute atomic E-state index is 14.1. The number of amides is 1. The first-order valence-corrected chi connectivity index (χ1v) is 15.9. The van der Waals surface area contributed by atoms with Crippen LogP contribution >= 0.6 is 0 Å². The molecule has 2 aromatic rings. The van der Waals surface area contributed by atoms with E-state index in [0.717, 1.165) is 72.1 Å². The first-order valence-electron chi connectivity index (χ1n) is 15.9. The number of hydrogen-bond donors (Lipinski definition) is 1. The van der Waals surface area contributed by atoms with Crippen LogP contribution in [0.15, 0.2) is 42.5 Å². The van der Waals surface area contributed by atoms with Gasteiger partial charge in [0.2, 0.25) is 5.91 Å². The van der Waals surface area contributed by atoms with E-state index < -0.39 is 11.9 Å². The van der Waals surface area contributed by atoms with Crippen LogP contribution in [0.2, 0.25) is 0 Å². The Hall–Kier alpha value is -2.90. The quantitative estimate of drug-likeness (QED) is 0.280. The Morgan fingerprint density at radius 2 is 1.90 bits per heavy atom. The molecule has 42 heavy (non-hydrogen) atoms. The summed E-state index contributed by atoms with van der Waals surface area (Å²) < 4.78 is 6.53. The van der Waals surface area contributed by atoms with Crippen molar-refractivity contribution in [2.75, 3.05) is 52.3 Å². The summed E-state index contributed by atoms with van der Waals surface area (Å²) in [6, 6.07) is 14.3. The maximum atomic E-state index is 14.1. The molecule has 0 bridgehead atoms. The first-order chi connectivity index (χ1) is 20.0.